The molecule has 0 radical (unpaired) electrons. The van der Waals surface area contributed by atoms with Gasteiger partial charge in [-0.05, 0) is 50.1 Å². The van der Waals surface area contributed by atoms with Gasteiger partial charge in [0, 0.05) is 26.0 Å². The van der Waals surface area contributed by atoms with Gasteiger partial charge in [-0.2, -0.15) is 5.10 Å². The topological polar surface area (TPSA) is 104 Å². The molecule has 8 nitrogen and oxygen atoms in total. The molecule has 0 unspecified atom stereocenters. The van der Waals surface area contributed by atoms with Crippen LogP contribution in [0.15, 0.2) is 47.8 Å². The predicted molar refractivity (Wildman–Crippen MR) is 104 cm³/mol. The van der Waals surface area contributed by atoms with E-state index in [-0.39, 0.29) is 10.7 Å². The van der Waals surface area contributed by atoms with Crippen molar-refractivity contribution in [2.45, 2.75) is 25.2 Å². The molecule has 3 aromatic heterocycles. The summed E-state index contributed by atoms with van der Waals surface area (Å²) in [6.45, 7) is 4.12. The molecule has 3 aromatic rings. The molecule has 0 atom stereocenters. The molecule has 9 heteroatoms. The molecule has 142 valence electrons. The first-order valence-corrected chi connectivity index (χ1v) is 9.95. The Morgan fingerprint density at radius 3 is 2.48 bits per heavy atom. The zero-order valence-electron chi connectivity index (χ0n) is 15.5. The predicted octanol–water partition coefficient (Wildman–Crippen LogP) is 2.30. The number of aryl methyl sites for hydroxylation is 2. The summed E-state index contributed by atoms with van der Waals surface area (Å²) in [5, 5.41) is 6.61. The number of nitrogens with one attached hydrogen (secondary N) is 2. The lowest BCUT2D eigenvalue weighted by molar-refractivity contribution is 0.600. The largest absolute Gasteiger partial charge is 0.373 e. The highest BCUT2D eigenvalue weighted by Crippen LogP contribution is 2.21. The van der Waals surface area contributed by atoms with E-state index in [2.05, 4.69) is 29.8 Å². The monoisotopic (exact) mass is 386 g/mol. The van der Waals surface area contributed by atoms with Gasteiger partial charge in [0.2, 0.25) is 0 Å². The van der Waals surface area contributed by atoms with Gasteiger partial charge in [-0.25, -0.2) is 13.4 Å². The number of nitrogens with zero attached hydrogens (tertiary/aromatic N) is 4. The number of anilines is 2. The van der Waals surface area contributed by atoms with E-state index in [0.29, 0.717) is 11.4 Å². The van der Waals surface area contributed by atoms with Crippen LogP contribution in [0.2, 0.25) is 0 Å². The number of aromatic amines is 1. The van der Waals surface area contributed by atoms with Crippen molar-refractivity contribution in [1.82, 2.24) is 20.2 Å². The summed E-state index contributed by atoms with van der Waals surface area (Å²) >= 11 is 0. The third-order valence-electron chi connectivity index (χ3n) is 4.24. The molecule has 0 bridgehead atoms. The molecular formula is C18H22N6O2S. The average Bonchev–Trinajstić information content (AvgIpc) is 3.00. The number of sulfonamides is 1. The number of pyridine rings is 2. The van der Waals surface area contributed by atoms with Crippen molar-refractivity contribution in [2.75, 3.05) is 23.2 Å². The van der Waals surface area contributed by atoms with E-state index < -0.39 is 10.0 Å². The minimum atomic E-state index is -3.74. The maximum atomic E-state index is 12.6. The van der Waals surface area contributed by atoms with Crippen LogP contribution >= 0.6 is 0 Å². The van der Waals surface area contributed by atoms with Gasteiger partial charge < -0.3 is 4.90 Å². The fraction of sp³-hybridized carbons (Fsp3) is 0.278. The molecule has 2 N–H and O–H groups in total. The molecule has 0 spiro atoms. The number of H-pyrrole nitrogens is 1. The van der Waals surface area contributed by atoms with Gasteiger partial charge in [-0.1, -0.05) is 0 Å². The van der Waals surface area contributed by atoms with Gasteiger partial charge in [0.15, 0.2) is 0 Å². The summed E-state index contributed by atoms with van der Waals surface area (Å²) in [4.78, 5) is 10.5. The third kappa shape index (κ3) is 4.43. The molecule has 0 aliphatic heterocycles. The van der Waals surface area contributed by atoms with Crippen molar-refractivity contribution >= 4 is 21.5 Å². The Hall–Kier alpha value is -2.94. The lowest BCUT2D eigenvalue weighted by atomic mass is 10.2. The molecule has 3 rings (SSSR count). The van der Waals surface area contributed by atoms with E-state index in [9.17, 15) is 8.42 Å². The summed E-state index contributed by atoms with van der Waals surface area (Å²) in [5.41, 5.74) is 3.03. The Balaban J connectivity index is 1.66. The van der Waals surface area contributed by atoms with E-state index in [1.54, 1.807) is 38.5 Å². The fourth-order valence-corrected chi connectivity index (χ4v) is 4.15. The van der Waals surface area contributed by atoms with Gasteiger partial charge >= 0.3 is 0 Å². The van der Waals surface area contributed by atoms with Crippen molar-refractivity contribution in [1.29, 1.82) is 0 Å². The Labute approximate surface area is 158 Å². The van der Waals surface area contributed by atoms with Crippen LogP contribution in [-0.2, 0) is 16.4 Å². The minimum absolute atomic E-state index is 0.155. The fourth-order valence-electron chi connectivity index (χ4n) is 2.77. The molecule has 0 fully saturated rings. The summed E-state index contributed by atoms with van der Waals surface area (Å²) in [7, 11) is -1.76. The van der Waals surface area contributed by atoms with Crippen LogP contribution in [0.1, 0.15) is 17.0 Å². The summed E-state index contributed by atoms with van der Waals surface area (Å²) in [6, 6.07) is 7.47. The van der Waals surface area contributed by atoms with E-state index in [4.69, 9.17) is 0 Å². The standard InChI is InChI=1S/C18H22N6O2S/c1-13-18(14(2)22-21-13)27(25,26)23-17-5-4-16(12-20-17)24(3)11-8-15-6-9-19-10-7-15/h4-7,9-10,12H,8,11H2,1-3H3,(H,20,23)(H,21,22). The molecule has 0 amide bonds. The Kier molecular flexibility index (Phi) is 5.41. The summed E-state index contributed by atoms with van der Waals surface area (Å²) in [5.74, 6) is 0.265. The van der Waals surface area contributed by atoms with Crippen LogP contribution < -0.4 is 9.62 Å². The number of likely N-dealkylation sites (N-methyl/N-ethyl adjacent to an activating group) is 1. The maximum absolute atomic E-state index is 12.6. The van der Waals surface area contributed by atoms with Gasteiger partial charge in [0.1, 0.15) is 10.7 Å². The van der Waals surface area contributed by atoms with Gasteiger partial charge in [0.25, 0.3) is 10.0 Å². The first kappa shape index (κ1) is 18.8. The second kappa shape index (κ2) is 7.75. The molecule has 0 saturated carbocycles. The molecular weight excluding hydrogens is 364 g/mol. The lowest BCUT2D eigenvalue weighted by Gasteiger charge is -2.19. The van der Waals surface area contributed by atoms with Crippen molar-refractivity contribution in [3.05, 3.63) is 59.8 Å². The summed E-state index contributed by atoms with van der Waals surface area (Å²) < 4.78 is 27.6. The quantitative estimate of drug-likeness (QED) is 0.646. The van der Waals surface area contributed by atoms with Crippen molar-refractivity contribution in [2.24, 2.45) is 0 Å². The summed E-state index contributed by atoms with van der Waals surface area (Å²) in [6.07, 6.45) is 6.09. The van der Waals surface area contributed by atoms with Crippen LogP contribution in [0.4, 0.5) is 11.5 Å². The number of hydrogen-bond donors (Lipinski definition) is 2. The second-order valence-electron chi connectivity index (χ2n) is 6.30. The molecule has 0 saturated heterocycles. The number of hydrogen-bond acceptors (Lipinski definition) is 6. The normalized spacial score (nSPS) is 11.4. The Morgan fingerprint density at radius 2 is 1.89 bits per heavy atom. The molecule has 0 aliphatic rings. The van der Waals surface area contributed by atoms with E-state index >= 15 is 0 Å². The number of rotatable bonds is 7. The molecule has 0 aliphatic carbocycles. The van der Waals surface area contributed by atoms with Gasteiger partial charge in [-0.3, -0.25) is 14.8 Å². The van der Waals surface area contributed by atoms with Crippen molar-refractivity contribution in [3.63, 3.8) is 0 Å². The molecule has 3 heterocycles. The van der Waals surface area contributed by atoms with Crippen molar-refractivity contribution in [3.8, 4) is 0 Å². The van der Waals surface area contributed by atoms with Gasteiger partial charge in [0.05, 0.1) is 23.3 Å². The highest BCUT2D eigenvalue weighted by atomic mass is 32.2. The van der Waals surface area contributed by atoms with Crippen LogP contribution in [0.25, 0.3) is 0 Å². The minimum Gasteiger partial charge on any atom is -0.373 e. The SMILES string of the molecule is Cc1n[nH]c(C)c1S(=O)(=O)Nc1ccc(N(C)CCc2ccncc2)cn1. The smallest absolute Gasteiger partial charge is 0.266 e. The second-order valence-corrected chi connectivity index (χ2v) is 7.92. The lowest BCUT2D eigenvalue weighted by Crippen LogP contribution is -2.21. The first-order valence-electron chi connectivity index (χ1n) is 8.47. The molecule has 0 aromatic carbocycles. The van der Waals surface area contributed by atoms with E-state index in [1.165, 1.54) is 5.56 Å². The average molecular weight is 386 g/mol. The van der Waals surface area contributed by atoms with Crippen LogP contribution in [0.5, 0.6) is 0 Å². The molecule has 27 heavy (non-hydrogen) atoms. The maximum Gasteiger partial charge on any atom is 0.266 e. The van der Waals surface area contributed by atoms with E-state index in [0.717, 1.165) is 18.7 Å². The van der Waals surface area contributed by atoms with Crippen LogP contribution in [-0.4, -0.2) is 42.2 Å². The Bertz CT molecular complexity index is 981. The highest BCUT2D eigenvalue weighted by molar-refractivity contribution is 7.92. The number of aromatic nitrogens is 4. The van der Waals surface area contributed by atoms with Crippen LogP contribution in [0.3, 0.4) is 0 Å². The highest BCUT2D eigenvalue weighted by Gasteiger charge is 2.22. The van der Waals surface area contributed by atoms with Crippen molar-refractivity contribution < 1.29 is 8.42 Å². The zero-order chi connectivity index (χ0) is 19.4. The zero-order valence-corrected chi connectivity index (χ0v) is 16.3. The first-order chi connectivity index (χ1) is 12.9. The van der Waals surface area contributed by atoms with Crippen LogP contribution in [0, 0.1) is 13.8 Å². The van der Waals surface area contributed by atoms with E-state index in [1.807, 2.05) is 25.2 Å². The third-order valence-corrected chi connectivity index (χ3v) is 5.86. The van der Waals surface area contributed by atoms with Gasteiger partial charge in [-0.15, -0.1) is 0 Å². The Morgan fingerprint density at radius 1 is 1.15 bits per heavy atom.